The maximum absolute atomic E-state index is 12.6. The van der Waals surface area contributed by atoms with Crippen LogP contribution in [0.15, 0.2) is 60.7 Å². The van der Waals surface area contributed by atoms with Gasteiger partial charge in [0.1, 0.15) is 11.5 Å². The summed E-state index contributed by atoms with van der Waals surface area (Å²) in [5.74, 6) is -0.216. The Kier molecular flexibility index (Phi) is 12.5. The van der Waals surface area contributed by atoms with E-state index in [9.17, 15) is 24.4 Å². The maximum Gasteiger partial charge on any atom is 0.303 e. The summed E-state index contributed by atoms with van der Waals surface area (Å²) >= 11 is -0.876. The Morgan fingerprint density at radius 3 is 1.36 bits per heavy atom. The second-order valence-electron chi connectivity index (χ2n) is 10.4. The molecule has 36 heavy (non-hydrogen) atoms. The molecule has 6 heteroatoms. The highest BCUT2D eigenvalue weighted by Crippen LogP contribution is 2.35. The molecule has 2 atom stereocenters. The van der Waals surface area contributed by atoms with Gasteiger partial charge in [-0.05, 0) is 73.3 Å². The van der Waals surface area contributed by atoms with Gasteiger partial charge in [-0.3, -0.25) is 9.59 Å². The number of hydrogen-bond acceptors (Lipinski definition) is 3. The molecule has 198 valence electrons. The van der Waals surface area contributed by atoms with Crippen molar-refractivity contribution >= 4 is 23.1 Å². The van der Waals surface area contributed by atoms with E-state index in [0.717, 1.165) is 49.7 Å². The molecular weight excluding hydrogens is 472 g/mol. The van der Waals surface area contributed by atoms with Gasteiger partial charge in [0.05, 0.1) is 0 Å². The summed E-state index contributed by atoms with van der Waals surface area (Å²) in [6, 6.07) is 20.2. The first-order valence-corrected chi connectivity index (χ1v) is 14.5. The molecule has 0 aromatic heterocycles. The molecule has 2 unspecified atom stereocenters. The molecule has 0 bridgehead atoms. The highest BCUT2D eigenvalue weighted by molar-refractivity contribution is 7.91. The Labute approximate surface area is 219 Å². The topological polar surface area (TPSA) is 97.7 Å². The number of hydrogen-bond donors (Lipinski definition) is 2. The molecule has 5 nitrogen and oxygen atoms in total. The predicted molar refractivity (Wildman–Crippen MR) is 147 cm³/mol. The molecular formula is C30H42O5S. The van der Waals surface area contributed by atoms with Crippen molar-refractivity contribution in [3.05, 3.63) is 71.8 Å². The van der Waals surface area contributed by atoms with Crippen molar-refractivity contribution in [1.82, 2.24) is 0 Å². The van der Waals surface area contributed by atoms with Crippen LogP contribution in [-0.2, 0) is 31.6 Å². The Bertz CT molecular complexity index is 844. The van der Waals surface area contributed by atoms with E-state index in [2.05, 4.69) is 38.1 Å². The SMILES string of the molecule is CC(CCCC[S+]([O-])CCCCC(C)(CCC(=O)O)c1ccccc1)(CCC(=O)O)c1ccccc1. The zero-order valence-electron chi connectivity index (χ0n) is 21.8. The summed E-state index contributed by atoms with van der Waals surface area (Å²) in [6.07, 6.45) is 6.79. The molecule has 0 aliphatic heterocycles. The van der Waals surface area contributed by atoms with Gasteiger partial charge in [-0.2, -0.15) is 0 Å². The summed E-state index contributed by atoms with van der Waals surface area (Å²) in [4.78, 5) is 22.3. The average molecular weight is 515 g/mol. The summed E-state index contributed by atoms with van der Waals surface area (Å²) in [5.41, 5.74) is 1.94. The molecule has 2 aromatic rings. The van der Waals surface area contributed by atoms with Gasteiger partial charge in [-0.1, -0.05) is 85.7 Å². The largest absolute Gasteiger partial charge is 0.616 e. The van der Waals surface area contributed by atoms with Gasteiger partial charge < -0.3 is 14.8 Å². The third-order valence-corrected chi connectivity index (χ3v) is 8.91. The highest BCUT2D eigenvalue weighted by atomic mass is 32.2. The van der Waals surface area contributed by atoms with Gasteiger partial charge in [0.15, 0.2) is 0 Å². The lowest BCUT2D eigenvalue weighted by molar-refractivity contribution is -0.138. The van der Waals surface area contributed by atoms with Crippen molar-refractivity contribution in [3.8, 4) is 0 Å². The highest BCUT2D eigenvalue weighted by Gasteiger charge is 2.28. The van der Waals surface area contributed by atoms with Crippen LogP contribution in [0.3, 0.4) is 0 Å². The molecule has 0 aliphatic rings. The molecule has 0 saturated carbocycles. The number of rotatable bonds is 18. The van der Waals surface area contributed by atoms with E-state index in [1.165, 1.54) is 0 Å². The lowest BCUT2D eigenvalue weighted by Gasteiger charge is -2.30. The second-order valence-corrected chi connectivity index (χ2v) is 12.1. The number of unbranched alkanes of at least 4 members (excludes halogenated alkanes) is 2. The number of carbonyl (C=O) groups is 2. The van der Waals surface area contributed by atoms with E-state index in [-0.39, 0.29) is 23.7 Å². The Balaban J connectivity index is 1.77. The van der Waals surface area contributed by atoms with Crippen molar-refractivity contribution in [1.29, 1.82) is 0 Å². The fourth-order valence-electron chi connectivity index (χ4n) is 4.93. The minimum atomic E-state index is -0.876. The summed E-state index contributed by atoms with van der Waals surface area (Å²) < 4.78 is 12.6. The van der Waals surface area contributed by atoms with Crippen LogP contribution in [0, 0.1) is 0 Å². The molecule has 0 spiro atoms. The van der Waals surface area contributed by atoms with Crippen molar-refractivity contribution in [3.63, 3.8) is 0 Å². The first-order chi connectivity index (χ1) is 17.1. The van der Waals surface area contributed by atoms with Crippen LogP contribution in [0.2, 0.25) is 0 Å². The number of carboxylic acids is 2. The quantitative estimate of drug-likeness (QED) is 0.170. The molecule has 0 heterocycles. The first kappa shape index (κ1) is 29.9. The van der Waals surface area contributed by atoms with Crippen LogP contribution in [0.5, 0.6) is 0 Å². The van der Waals surface area contributed by atoms with E-state index in [1.807, 2.05) is 36.4 Å². The minimum absolute atomic E-state index is 0.145. The molecule has 0 radical (unpaired) electrons. The smallest absolute Gasteiger partial charge is 0.303 e. The van der Waals surface area contributed by atoms with Gasteiger partial charge in [-0.25, -0.2) is 0 Å². The molecule has 0 aliphatic carbocycles. The molecule has 0 saturated heterocycles. The Morgan fingerprint density at radius 1 is 0.667 bits per heavy atom. The first-order valence-electron chi connectivity index (χ1n) is 13.0. The molecule has 2 aromatic carbocycles. The fraction of sp³-hybridized carbons (Fsp3) is 0.533. The van der Waals surface area contributed by atoms with Gasteiger partial charge >= 0.3 is 11.9 Å². The van der Waals surface area contributed by atoms with Crippen LogP contribution < -0.4 is 0 Å². The normalized spacial score (nSPS) is 15.5. The molecule has 0 fully saturated rings. The zero-order valence-corrected chi connectivity index (χ0v) is 22.6. The van der Waals surface area contributed by atoms with Gasteiger partial charge in [-0.15, -0.1) is 0 Å². The van der Waals surface area contributed by atoms with Crippen molar-refractivity contribution < 1.29 is 24.4 Å². The van der Waals surface area contributed by atoms with Crippen LogP contribution >= 0.6 is 0 Å². The van der Waals surface area contributed by atoms with Crippen molar-refractivity contribution in [2.45, 2.75) is 88.9 Å². The van der Waals surface area contributed by atoms with Gasteiger partial charge in [0.2, 0.25) is 0 Å². The average Bonchev–Trinajstić information content (AvgIpc) is 2.88. The van der Waals surface area contributed by atoms with Crippen LogP contribution in [0.4, 0.5) is 0 Å². The third-order valence-electron chi connectivity index (χ3n) is 7.42. The van der Waals surface area contributed by atoms with E-state index < -0.39 is 23.1 Å². The minimum Gasteiger partial charge on any atom is -0.616 e. The summed E-state index contributed by atoms with van der Waals surface area (Å²) in [7, 11) is 0. The fourth-order valence-corrected chi connectivity index (χ4v) is 6.19. The standard InChI is InChI=1S/C30H42O5S/c1-29(21-17-27(31)32,25-13-5-3-6-14-25)19-9-11-23-36(35)24-12-10-20-30(2,22-18-28(33)34)26-15-7-4-8-16-26/h3-8,13-16H,9-12,17-24H2,1-2H3,(H,31,32)(H,33,34). The van der Waals surface area contributed by atoms with Crippen molar-refractivity contribution in [2.24, 2.45) is 0 Å². The third kappa shape index (κ3) is 10.4. The number of aliphatic carboxylic acids is 2. The van der Waals surface area contributed by atoms with Crippen LogP contribution in [-0.4, -0.2) is 38.2 Å². The molecule has 2 N–H and O–H groups in total. The summed E-state index contributed by atoms with van der Waals surface area (Å²) in [5, 5.41) is 18.3. The molecule has 2 rings (SSSR count). The van der Waals surface area contributed by atoms with Crippen molar-refractivity contribution in [2.75, 3.05) is 11.5 Å². The lowest BCUT2D eigenvalue weighted by Crippen LogP contribution is -2.24. The van der Waals surface area contributed by atoms with E-state index in [0.29, 0.717) is 24.3 Å². The van der Waals surface area contributed by atoms with E-state index >= 15 is 0 Å². The molecule has 0 amide bonds. The van der Waals surface area contributed by atoms with E-state index in [1.54, 1.807) is 0 Å². The lowest BCUT2D eigenvalue weighted by atomic mass is 9.75. The van der Waals surface area contributed by atoms with Crippen LogP contribution in [0.1, 0.15) is 89.2 Å². The van der Waals surface area contributed by atoms with Gasteiger partial charge in [0.25, 0.3) is 0 Å². The zero-order chi connectivity index (χ0) is 26.4. The van der Waals surface area contributed by atoms with Gasteiger partial charge in [0, 0.05) is 12.8 Å². The Hall–Kier alpha value is -2.31. The summed E-state index contributed by atoms with van der Waals surface area (Å²) in [6.45, 7) is 4.27. The number of carboxylic acid groups (broad SMARTS) is 2. The monoisotopic (exact) mass is 514 g/mol. The predicted octanol–water partition coefficient (Wildman–Crippen LogP) is 6.72. The van der Waals surface area contributed by atoms with Crippen LogP contribution in [0.25, 0.3) is 0 Å². The maximum atomic E-state index is 12.6. The second kappa shape index (κ2) is 15.1. The Morgan fingerprint density at radius 2 is 1.03 bits per heavy atom. The number of benzene rings is 2. The van der Waals surface area contributed by atoms with E-state index in [4.69, 9.17) is 0 Å².